The molecule has 2 saturated heterocycles. The molecule has 3 aliphatic heterocycles. The van der Waals surface area contributed by atoms with Crippen LogP contribution in [0.3, 0.4) is 0 Å². The minimum absolute atomic E-state index is 0.0339. The number of carbonyl (C=O) groups excluding carboxylic acids is 5. The summed E-state index contributed by atoms with van der Waals surface area (Å²) in [6, 6.07) is 0.0550. The number of aryl methyl sites for hydroxylation is 1. The van der Waals surface area contributed by atoms with Gasteiger partial charge in [0.2, 0.25) is 11.1 Å². The lowest BCUT2D eigenvalue weighted by atomic mass is 10.0. The van der Waals surface area contributed by atoms with Gasteiger partial charge in [-0.2, -0.15) is 0 Å². The number of carboxylic acid groups (broad SMARTS) is 1. The predicted octanol–water partition coefficient (Wildman–Crippen LogP) is -0.368. The van der Waals surface area contributed by atoms with Crippen molar-refractivity contribution in [2.45, 2.75) is 41.7 Å². The number of amides is 6. The molecule has 0 spiro atoms. The zero-order chi connectivity index (χ0) is 31.0. The summed E-state index contributed by atoms with van der Waals surface area (Å²) in [5.41, 5.74) is 0.373. The minimum atomic E-state index is -1.27. The number of hydrogen-bond acceptors (Lipinski definition) is 12. The average molecular weight is 650 g/mol. The highest BCUT2D eigenvalue weighted by Crippen LogP contribution is 2.45. The molecule has 228 valence electrons. The Morgan fingerprint density at radius 3 is 2.60 bits per heavy atom. The third-order valence-corrected chi connectivity index (χ3v) is 10.6. The third kappa shape index (κ3) is 5.70. The number of aromatic nitrogens is 4. The van der Waals surface area contributed by atoms with Crippen molar-refractivity contribution in [2.24, 2.45) is 7.05 Å². The maximum absolute atomic E-state index is 13.5. The van der Waals surface area contributed by atoms with E-state index in [0.717, 1.165) is 4.90 Å². The summed E-state index contributed by atoms with van der Waals surface area (Å²) in [5.74, 6) is -4.16. The van der Waals surface area contributed by atoms with Gasteiger partial charge in [0, 0.05) is 42.6 Å². The lowest BCUT2D eigenvalue weighted by molar-refractivity contribution is -0.153. The molecule has 0 bridgehead atoms. The fourth-order valence-corrected chi connectivity index (χ4v) is 8.17. The van der Waals surface area contributed by atoms with Crippen LogP contribution in [0.5, 0.6) is 0 Å². The molecule has 19 heteroatoms. The smallest absolute Gasteiger partial charge is 0.352 e. The molecule has 0 saturated carbocycles. The van der Waals surface area contributed by atoms with Gasteiger partial charge in [0.05, 0.1) is 0 Å². The van der Waals surface area contributed by atoms with Gasteiger partial charge in [-0.1, -0.05) is 17.8 Å². The van der Waals surface area contributed by atoms with E-state index < -0.39 is 53.1 Å². The zero-order valence-corrected chi connectivity index (χ0v) is 25.6. The predicted molar refractivity (Wildman–Crippen MR) is 153 cm³/mol. The number of β-lactam (4-membered cyclic amide) rings is 1. The van der Waals surface area contributed by atoms with Crippen LogP contribution in [0.1, 0.15) is 24.8 Å². The Hall–Kier alpha value is -3.97. The van der Waals surface area contributed by atoms with Crippen LogP contribution < -0.4 is 10.6 Å². The maximum Gasteiger partial charge on any atom is 0.352 e. The molecule has 2 aromatic rings. The first-order valence-electron chi connectivity index (χ1n) is 13.1. The monoisotopic (exact) mass is 649 g/mol. The summed E-state index contributed by atoms with van der Waals surface area (Å²) in [7, 11) is 1.66. The van der Waals surface area contributed by atoms with Crippen molar-refractivity contribution in [3.63, 3.8) is 0 Å². The van der Waals surface area contributed by atoms with Gasteiger partial charge >= 0.3 is 23.8 Å². The molecule has 2 aromatic heterocycles. The van der Waals surface area contributed by atoms with E-state index in [0.29, 0.717) is 22.2 Å². The van der Waals surface area contributed by atoms with Crippen LogP contribution in [-0.2, 0) is 31.0 Å². The molecule has 0 radical (unpaired) electrons. The molecule has 5 rings (SSSR count). The van der Waals surface area contributed by atoms with Crippen molar-refractivity contribution in [2.75, 3.05) is 25.4 Å². The number of carboxylic acids is 1. The van der Waals surface area contributed by atoms with Gasteiger partial charge in [-0.05, 0) is 41.3 Å². The van der Waals surface area contributed by atoms with Crippen molar-refractivity contribution >= 4 is 70.5 Å². The number of nitrogens with one attached hydrogen (secondary N) is 2. The third-order valence-electron chi connectivity index (χ3n) is 7.15. The van der Waals surface area contributed by atoms with Crippen molar-refractivity contribution in [1.82, 2.24) is 45.5 Å². The van der Waals surface area contributed by atoms with Gasteiger partial charge < -0.3 is 20.6 Å². The molecule has 6 amide bonds. The highest BCUT2D eigenvalue weighted by atomic mass is 32.2. The Bertz CT molecular complexity index is 1510. The van der Waals surface area contributed by atoms with E-state index in [9.17, 15) is 33.9 Å². The summed E-state index contributed by atoms with van der Waals surface area (Å²) in [5, 5.41) is 27.7. The summed E-state index contributed by atoms with van der Waals surface area (Å²) in [6.07, 6.45) is 0. The van der Waals surface area contributed by atoms with Gasteiger partial charge in [-0.3, -0.25) is 29.0 Å². The first kappa shape index (κ1) is 30.5. The number of piperazine rings is 1. The molecule has 5 heterocycles. The number of urea groups is 1. The first-order valence-corrected chi connectivity index (χ1v) is 15.9. The van der Waals surface area contributed by atoms with Crippen molar-refractivity contribution < 1.29 is 33.9 Å². The van der Waals surface area contributed by atoms with Crippen LogP contribution in [0.15, 0.2) is 33.9 Å². The Morgan fingerprint density at radius 2 is 1.98 bits per heavy atom. The lowest BCUT2D eigenvalue weighted by Gasteiger charge is -2.51. The normalized spacial score (nSPS) is 22.7. The van der Waals surface area contributed by atoms with Crippen LogP contribution in [0.25, 0.3) is 0 Å². The molecule has 2 unspecified atom stereocenters. The second-order valence-corrected chi connectivity index (χ2v) is 13.0. The van der Waals surface area contributed by atoms with Crippen LogP contribution in [-0.4, -0.2) is 118 Å². The fourth-order valence-electron chi connectivity index (χ4n) is 4.85. The second kappa shape index (κ2) is 12.3. The van der Waals surface area contributed by atoms with Crippen molar-refractivity contribution in [3.8, 4) is 0 Å². The van der Waals surface area contributed by atoms with Gasteiger partial charge in [0.1, 0.15) is 23.2 Å². The van der Waals surface area contributed by atoms with Gasteiger partial charge in [0.25, 0.3) is 5.91 Å². The van der Waals surface area contributed by atoms with Crippen LogP contribution in [0, 0.1) is 0 Å². The summed E-state index contributed by atoms with van der Waals surface area (Å²) < 4.78 is 1.46. The summed E-state index contributed by atoms with van der Waals surface area (Å²) in [6.45, 7) is 4.00. The molecule has 3 N–H and O–H groups in total. The molecule has 43 heavy (non-hydrogen) atoms. The number of tetrazole rings is 1. The number of hydrogen-bond donors (Lipinski definition) is 3. The highest BCUT2D eigenvalue weighted by Gasteiger charge is 2.56. The highest BCUT2D eigenvalue weighted by molar-refractivity contribution is 8.01. The topological polar surface area (TPSA) is 200 Å². The molecule has 0 aromatic carbocycles. The van der Waals surface area contributed by atoms with E-state index in [1.165, 1.54) is 49.3 Å². The van der Waals surface area contributed by atoms with Gasteiger partial charge in [-0.25, -0.2) is 14.3 Å². The van der Waals surface area contributed by atoms with Crippen molar-refractivity contribution in [1.29, 1.82) is 0 Å². The zero-order valence-electron chi connectivity index (χ0n) is 23.1. The summed E-state index contributed by atoms with van der Waals surface area (Å²) in [4.78, 5) is 80.7. The number of rotatable bonds is 9. The molecule has 16 nitrogen and oxygen atoms in total. The number of thioether (sulfide) groups is 2. The number of carbonyl (C=O) groups is 6. The fraction of sp³-hybridized carbons (Fsp3) is 0.458. The summed E-state index contributed by atoms with van der Waals surface area (Å²) >= 11 is 3.75. The number of nitrogens with zero attached hydrogens (tertiary/aromatic N) is 7. The van der Waals surface area contributed by atoms with Gasteiger partial charge in [-0.15, -0.1) is 28.2 Å². The largest absolute Gasteiger partial charge is 0.477 e. The molecular formula is C24H27N9O7S3. The van der Waals surface area contributed by atoms with E-state index in [4.69, 9.17) is 0 Å². The van der Waals surface area contributed by atoms with Crippen LogP contribution >= 0.6 is 34.9 Å². The number of likely N-dealkylation sites (N-methyl/N-ethyl adjacent to an activating group) is 1. The van der Waals surface area contributed by atoms with Gasteiger partial charge in [0.15, 0.2) is 0 Å². The van der Waals surface area contributed by atoms with E-state index in [2.05, 4.69) is 26.2 Å². The van der Waals surface area contributed by atoms with Crippen molar-refractivity contribution in [3.05, 3.63) is 33.7 Å². The molecule has 0 aliphatic carbocycles. The molecular weight excluding hydrogens is 623 g/mol. The average Bonchev–Trinajstić information content (AvgIpc) is 3.66. The Morgan fingerprint density at radius 1 is 1.21 bits per heavy atom. The minimum Gasteiger partial charge on any atom is -0.477 e. The number of imide groups is 1. The van der Waals surface area contributed by atoms with E-state index in [-0.39, 0.29) is 29.8 Å². The van der Waals surface area contributed by atoms with Crippen LogP contribution in [0.4, 0.5) is 4.79 Å². The van der Waals surface area contributed by atoms with Crippen LogP contribution in [0.2, 0.25) is 0 Å². The standard InChI is InChI=1S/C24H27N9O7S3/c1-4-31-7-8-32(20(37)19(31)36)23(40)26-14(13-6-5-9-41-13)17(34)25-15-18(35)33-16(22(38)39)12(11(2)43-21(15)33)10-42-24-27-28-29-30(24)3/h5-6,9,11,14-15,21H,4,7-8,10H2,1-3H3,(H,25,34)(H,26,40)(H,38,39)/t11-,14?,15?,21-/m0/s1. The van der Waals surface area contributed by atoms with E-state index in [1.807, 2.05) is 6.92 Å². The number of aliphatic carboxylic acids is 1. The number of thiophene rings is 1. The lowest BCUT2D eigenvalue weighted by Crippen LogP contribution is -2.71. The Labute approximate surface area is 257 Å². The number of fused-ring (bicyclic) bond motifs is 1. The molecule has 3 aliphatic rings. The first-order chi connectivity index (χ1) is 20.5. The second-order valence-electron chi connectivity index (χ2n) is 9.66. The SMILES string of the molecule is CCN1CCN(C(=O)NC(C(=O)NC2C(=O)N3C(C(=O)O)=C(CSc4nnnn4C)[C@H](C)S[C@@H]23)c2cccs2)C(=O)C1=O. The Kier molecular flexibility index (Phi) is 8.74. The maximum atomic E-state index is 13.5. The Balaban J connectivity index is 1.31. The molecule has 2 fully saturated rings. The van der Waals surface area contributed by atoms with E-state index in [1.54, 1.807) is 31.5 Å². The quantitative estimate of drug-likeness (QED) is 0.181. The molecule has 4 atom stereocenters. The van der Waals surface area contributed by atoms with E-state index >= 15 is 0 Å².